The molecule has 0 aromatic carbocycles. The molecule has 0 aliphatic heterocycles. The van der Waals surface area contributed by atoms with Crippen LogP contribution in [0.1, 0.15) is 21.9 Å². The zero-order valence-corrected chi connectivity index (χ0v) is 9.85. The Hall–Kier alpha value is -2.84. The van der Waals surface area contributed by atoms with E-state index >= 15 is 0 Å². The van der Waals surface area contributed by atoms with Gasteiger partial charge in [0.2, 0.25) is 0 Å². The molecule has 0 aliphatic carbocycles. The van der Waals surface area contributed by atoms with Crippen molar-refractivity contribution in [3.8, 4) is 0 Å². The summed E-state index contributed by atoms with van der Waals surface area (Å²) < 4.78 is 1.31. The minimum absolute atomic E-state index is 0.0233. The van der Waals surface area contributed by atoms with Gasteiger partial charge in [-0.3, -0.25) is 14.8 Å². The zero-order chi connectivity index (χ0) is 14.0. The van der Waals surface area contributed by atoms with E-state index in [2.05, 4.69) is 15.1 Å². The number of aromatic carboxylic acids is 1. The fourth-order valence-electron chi connectivity index (χ4n) is 1.48. The van der Waals surface area contributed by atoms with Gasteiger partial charge in [-0.2, -0.15) is 5.10 Å². The number of nitrogens with zero attached hydrogens (tertiary/aromatic N) is 5. The maximum atomic E-state index is 10.8. The van der Waals surface area contributed by atoms with E-state index in [4.69, 9.17) is 5.11 Å². The van der Waals surface area contributed by atoms with Crippen molar-refractivity contribution >= 4 is 11.7 Å². The fourth-order valence-corrected chi connectivity index (χ4v) is 1.48. The molecule has 98 valence electrons. The highest BCUT2D eigenvalue weighted by molar-refractivity contribution is 5.88. The first-order chi connectivity index (χ1) is 8.97. The molecule has 0 bridgehead atoms. The molecule has 0 fully saturated rings. The van der Waals surface area contributed by atoms with Crippen LogP contribution in [0.5, 0.6) is 0 Å². The number of carboxylic acid groups (broad SMARTS) is 1. The smallest absolute Gasteiger partial charge is 0.339 e. The number of carbonyl (C=O) groups is 1. The van der Waals surface area contributed by atoms with Crippen LogP contribution in [0.3, 0.4) is 0 Å². The lowest BCUT2D eigenvalue weighted by Crippen LogP contribution is -2.09. The van der Waals surface area contributed by atoms with Crippen LogP contribution in [0.15, 0.2) is 18.6 Å². The number of aromatic nitrogens is 4. The van der Waals surface area contributed by atoms with Gasteiger partial charge in [0.15, 0.2) is 0 Å². The van der Waals surface area contributed by atoms with E-state index in [0.29, 0.717) is 11.5 Å². The normalized spacial score (nSPS) is 10.4. The molecule has 2 aromatic heterocycles. The van der Waals surface area contributed by atoms with Crippen molar-refractivity contribution in [2.75, 3.05) is 0 Å². The van der Waals surface area contributed by atoms with Gasteiger partial charge >= 0.3 is 11.7 Å². The molecule has 1 N–H and O–H groups in total. The summed E-state index contributed by atoms with van der Waals surface area (Å²) in [6.45, 7) is 1.69. The first-order valence-electron chi connectivity index (χ1n) is 5.20. The lowest BCUT2D eigenvalue weighted by molar-refractivity contribution is -0.385. The topological polar surface area (TPSA) is 124 Å². The van der Waals surface area contributed by atoms with Crippen molar-refractivity contribution in [1.82, 2.24) is 19.7 Å². The van der Waals surface area contributed by atoms with Gasteiger partial charge in [-0.25, -0.2) is 14.8 Å². The van der Waals surface area contributed by atoms with Crippen LogP contribution in [0, 0.1) is 17.0 Å². The molecule has 0 amide bonds. The molecule has 9 nitrogen and oxygen atoms in total. The van der Waals surface area contributed by atoms with Gasteiger partial charge in [0.1, 0.15) is 24.8 Å². The standard InChI is InChI=1S/C10H9N5O4/c1-6-8(10(16)17)3-11-9(13-6)5-14-4-7(2-12-14)15(18)19/h2-4H,5H2,1H3,(H,16,17). The van der Waals surface area contributed by atoms with Crippen LogP contribution in [0.25, 0.3) is 0 Å². The van der Waals surface area contributed by atoms with Gasteiger partial charge in [-0.05, 0) is 6.92 Å². The summed E-state index contributed by atoms with van der Waals surface area (Å²) in [5.41, 5.74) is 0.230. The SMILES string of the molecule is Cc1nc(Cn2cc([N+](=O)[O-])cn2)ncc1C(=O)O. The second kappa shape index (κ2) is 4.80. The Morgan fingerprint density at radius 1 is 1.53 bits per heavy atom. The molecule has 2 rings (SSSR count). The van der Waals surface area contributed by atoms with Gasteiger partial charge < -0.3 is 5.11 Å². The first kappa shape index (κ1) is 12.6. The van der Waals surface area contributed by atoms with E-state index in [1.165, 1.54) is 17.1 Å². The third kappa shape index (κ3) is 2.70. The summed E-state index contributed by atoms with van der Waals surface area (Å²) in [6.07, 6.45) is 3.58. The number of rotatable bonds is 4. The molecule has 9 heteroatoms. The summed E-state index contributed by atoms with van der Waals surface area (Å²) in [7, 11) is 0. The van der Waals surface area contributed by atoms with E-state index in [1.807, 2.05) is 0 Å². The van der Waals surface area contributed by atoms with Gasteiger partial charge in [0, 0.05) is 6.20 Å². The molecule has 19 heavy (non-hydrogen) atoms. The second-order valence-corrected chi connectivity index (χ2v) is 3.74. The van der Waals surface area contributed by atoms with Crippen LogP contribution in [-0.2, 0) is 6.54 Å². The largest absolute Gasteiger partial charge is 0.478 e. The summed E-state index contributed by atoms with van der Waals surface area (Å²) in [5.74, 6) is -0.765. The summed E-state index contributed by atoms with van der Waals surface area (Å²) >= 11 is 0. The molecule has 0 aliphatic rings. The van der Waals surface area contributed by atoms with Gasteiger partial charge in [0.25, 0.3) is 0 Å². The summed E-state index contributed by atoms with van der Waals surface area (Å²) in [5, 5.41) is 23.1. The molecular weight excluding hydrogens is 254 g/mol. The average Bonchev–Trinajstić information content (AvgIpc) is 2.77. The minimum atomic E-state index is -1.10. The van der Waals surface area contributed by atoms with E-state index in [9.17, 15) is 14.9 Å². The molecule has 0 spiro atoms. The van der Waals surface area contributed by atoms with Crippen LogP contribution < -0.4 is 0 Å². The Morgan fingerprint density at radius 2 is 2.26 bits per heavy atom. The molecule has 0 saturated carbocycles. The van der Waals surface area contributed by atoms with Crippen molar-refractivity contribution in [2.45, 2.75) is 13.5 Å². The summed E-state index contributed by atoms with van der Waals surface area (Å²) in [4.78, 5) is 28.6. The molecule has 2 heterocycles. The summed E-state index contributed by atoms with van der Waals surface area (Å²) in [6, 6.07) is 0. The van der Waals surface area contributed by atoms with Gasteiger partial charge in [-0.1, -0.05) is 0 Å². The Morgan fingerprint density at radius 3 is 2.79 bits per heavy atom. The molecule has 2 aromatic rings. The predicted molar refractivity (Wildman–Crippen MR) is 61.7 cm³/mol. The fraction of sp³-hybridized carbons (Fsp3) is 0.200. The van der Waals surface area contributed by atoms with E-state index < -0.39 is 10.9 Å². The van der Waals surface area contributed by atoms with Crippen molar-refractivity contribution in [2.24, 2.45) is 0 Å². The Kier molecular flexibility index (Phi) is 3.19. The quantitative estimate of drug-likeness (QED) is 0.633. The maximum Gasteiger partial charge on any atom is 0.339 e. The lowest BCUT2D eigenvalue weighted by Gasteiger charge is -2.03. The highest BCUT2D eigenvalue weighted by Crippen LogP contribution is 2.09. The highest BCUT2D eigenvalue weighted by Gasteiger charge is 2.12. The third-order valence-electron chi connectivity index (χ3n) is 2.39. The van der Waals surface area contributed by atoms with Crippen molar-refractivity contribution in [3.63, 3.8) is 0 Å². The molecule has 0 unspecified atom stereocenters. The van der Waals surface area contributed by atoms with E-state index in [1.54, 1.807) is 6.92 Å². The van der Waals surface area contributed by atoms with Gasteiger partial charge in [-0.15, -0.1) is 0 Å². The molecule has 0 saturated heterocycles. The Labute approximate surface area is 106 Å². The van der Waals surface area contributed by atoms with Crippen LogP contribution >= 0.6 is 0 Å². The number of nitro groups is 1. The van der Waals surface area contributed by atoms with Crippen molar-refractivity contribution in [1.29, 1.82) is 0 Å². The first-order valence-corrected chi connectivity index (χ1v) is 5.20. The Balaban J connectivity index is 2.21. The maximum absolute atomic E-state index is 10.8. The van der Waals surface area contributed by atoms with E-state index in [0.717, 1.165) is 6.20 Å². The third-order valence-corrected chi connectivity index (χ3v) is 2.39. The van der Waals surface area contributed by atoms with Crippen molar-refractivity contribution < 1.29 is 14.8 Å². The zero-order valence-electron chi connectivity index (χ0n) is 9.85. The van der Waals surface area contributed by atoms with E-state index in [-0.39, 0.29) is 17.8 Å². The van der Waals surface area contributed by atoms with Crippen LogP contribution in [0.2, 0.25) is 0 Å². The monoisotopic (exact) mass is 263 g/mol. The van der Waals surface area contributed by atoms with Crippen molar-refractivity contribution in [3.05, 3.63) is 45.8 Å². The lowest BCUT2D eigenvalue weighted by atomic mass is 10.2. The highest BCUT2D eigenvalue weighted by atomic mass is 16.6. The van der Waals surface area contributed by atoms with Crippen LogP contribution in [-0.4, -0.2) is 35.7 Å². The molecule has 0 radical (unpaired) electrons. The number of aryl methyl sites for hydroxylation is 1. The number of hydrogen-bond acceptors (Lipinski definition) is 6. The average molecular weight is 263 g/mol. The number of carboxylic acids is 1. The second-order valence-electron chi connectivity index (χ2n) is 3.74. The number of hydrogen-bond donors (Lipinski definition) is 1. The van der Waals surface area contributed by atoms with Gasteiger partial charge in [0.05, 0.1) is 16.2 Å². The minimum Gasteiger partial charge on any atom is -0.478 e. The molecular formula is C10H9N5O4. The molecule has 0 atom stereocenters. The van der Waals surface area contributed by atoms with Crippen LogP contribution in [0.4, 0.5) is 5.69 Å². The Bertz CT molecular complexity index is 651. The predicted octanol–water partition coefficient (Wildman–Crippen LogP) is 0.636.